The molecule has 0 radical (unpaired) electrons. The summed E-state index contributed by atoms with van der Waals surface area (Å²) in [6.07, 6.45) is 9.18. The molecule has 1 heterocycles. The third kappa shape index (κ3) is 6.23. The van der Waals surface area contributed by atoms with Crippen LogP contribution < -0.4 is 0 Å². The summed E-state index contributed by atoms with van der Waals surface area (Å²) in [6.45, 7) is 13.9. The van der Waals surface area contributed by atoms with Crippen LogP contribution in [0.2, 0.25) is 0 Å². The van der Waals surface area contributed by atoms with E-state index in [1.165, 1.54) is 11.1 Å². The lowest BCUT2D eigenvalue weighted by Gasteiger charge is -2.38. The maximum absolute atomic E-state index is 5.93. The van der Waals surface area contributed by atoms with Gasteiger partial charge in [-0.25, -0.2) is 0 Å². The molecular formula is C18H32O2. The van der Waals surface area contributed by atoms with Crippen molar-refractivity contribution in [2.24, 2.45) is 5.41 Å². The zero-order valence-corrected chi connectivity index (χ0v) is 14.2. The molecule has 20 heavy (non-hydrogen) atoms. The van der Waals surface area contributed by atoms with E-state index in [0.29, 0.717) is 6.10 Å². The summed E-state index contributed by atoms with van der Waals surface area (Å²) < 4.78 is 11.7. The summed E-state index contributed by atoms with van der Waals surface area (Å²) in [6, 6.07) is 0. The second-order valence-electron chi connectivity index (χ2n) is 7.00. The maximum Gasteiger partial charge on any atom is 0.163 e. The van der Waals surface area contributed by atoms with E-state index in [1.54, 1.807) is 0 Å². The van der Waals surface area contributed by atoms with Crippen LogP contribution in [0.4, 0.5) is 0 Å². The van der Waals surface area contributed by atoms with Crippen LogP contribution in [-0.2, 0) is 9.47 Å². The molecule has 0 aromatic heterocycles. The van der Waals surface area contributed by atoms with Crippen LogP contribution in [0.25, 0.3) is 0 Å². The summed E-state index contributed by atoms with van der Waals surface area (Å²) in [5, 5.41) is 0. The number of hydrogen-bond acceptors (Lipinski definition) is 2. The van der Waals surface area contributed by atoms with Crippen LogP contribution in [-0.4, -0.2) is 19.0 Å². The van der Waals surface area contributed by atoms with Crippen molar-refractivity contribution in [3.63, 3.8) is 0 Å². The normalized spacial score (nSPS) is 24.6. The van der Waals surface area contributed by atoms with Crippen molar-refractivity contribution in [3.8, 4) is 0 Å². The van der Waals surface area contributed by atoms with Gasteiger partial charge in [-0.2, -0.15) is 0 Å². The highest BCUT2D eigenvalue weighted by atomic mass is 16.7. The topological polar surface area (TPSA) is 18.5 Å². The van der Waals surface area contributed by atoms with Gasteiger partial charge in [0.25, 0.3) is 0 Å². The summed E-state index contributed by atoms with van der Waals surface area (Å²) in [4.78, 5) is 0. The van der Waals surface area contributed by atoms with E-state index in [4.69, 9.17) is 9.47 Å². The minimum atomic E-state index is -0.0758. The Morgan fingerprint density at radius 1 is 1.20 bits per heavy atom. The molecule has 0 aromatic carbocycles. The van der Waals surface area contributed by atoms with Gasteiger partial charge in [-0.05, 0) is 53.4 Å². The van der Waals surface area contributed by atoms with Crippen LogP contribution in [0.15, 0.2) is 23.3 Å². The van der Waals surface area contributed by atoms with Crippen LogP contribution in [0.3, 0.4) is 0 Å². The molecule has 1 fully saturated rings. The number of hydrogen-bond donors (Lipinski definition) is 0. The fraction of sp³-hybridized carbons (Fsp3) is 0.778. The van der Waals surface area contributed by atoms with Gasteiger partial charge in [0.2, 0.25) is 0 Å². The first kappa shape index (κ1) is 17.5. The van der Waals surface area contributed by atoms with E-state index >= 15 is 0 Å². The van der Waals surface area contributed by atoms with E-state index in [9.17, 15) is 0 Å². The van der Waals surface area contributed by atoms with Gasteiger partial charge in [0.05, 0.1) is 12.7 Å². The Balaban J connectivity index is 2.46. The average molecular weight is 280 g/mol. The third-order valence-electron chi connectivity index (χ3n) is 3.86. The molecule has 0 N–H and O–H groups in total. The van der Waals surface area contributed by atoms with Gasteiger partial charge in [-0.1, -0.05) is 37.1 Å². The molecule has 2 heteroatoms. The second kappa shape index (κ2) is 7.99. The van der Waals surface area contributed by atoms with Gasteiger partial charge >= 0.3 is 0 Å². The van der Waals surface area contributed by atoms with Crippen molar-refractivity contribution in [2.45, 2.75) is 79.6 Å². The van der Waals surface area contributed by atoms with E-state index in [2.05, 4.69) is 53.7 Å². The maximum atomic E-state index is 5.93. The lowest BCUT2D eigenvalue weighted by Crippen LogP contribution is -2.41. The lowest BCUT2D eigenvalue weighted by atomic mass is 9.86. The molecule has 0 spiro atoms. The van der Waals surface area contributed by atoms with Crippen LogP contribution in [0.5, 0.6) is 0 Å². The molecule has 0 saturated carbocycles. The smallest absolute Gasteiger partial charge is 0.163 e. The Hall–Kier alpha value is -0.600. The van der Waals surface area contributed by atoms with Crippen molar-refractivity contribution in [3.05, 3.63) is 23.3 Å². The largest absolute Gasteiger partial charge is 0.352 e. The third-order valence-corrected chi connectivity index (χ3v) is 3.86. The van der Waals surface area contributed by atoms with Crippen LogP contribution in [0, 0.1) is 5.41 Å². The fourth-order valence-electron chi connectivity index (χ4n) is 2.29. The molecule has 1 saturated heterocycles. The summed E-state index contributed by atoms with van der Waals surface area (Å²) in [5.74, 6) is 0. The Labute approximate surface area is 125 Å². The van der Waals surface area contributed by atoms with Crippen molar-refractivity contribution in [2.75, 3.05) is 6.61 Å². The van der Waals surface area contributed by atoms with Crippen LogP contribution in [0.1, 0.15) is 67.2 Å². The van der Waals surface area contributed by atoms with E-state index in [0.717, 1.165) is 32.3 Å². The molecule has 0 aliphatic carbocycles. The highest BCUT2D eigenvalue weighted by Crippen LogP contribution is 2.33. The quantitative estimate of drug-likeness (QED) is 0.619. The van der Waals surface area contributed by atoms with Gasteiger partial charge < -0.3 is 9.47 Å². The van der Waals surface area contributed by atoms with Crippen molar-refractivity contribution < 1.29 is 9.47 Å². The molecule has 0 aromatic rings. The lowest BCUT2D eigenvalue weighted by molar-refractivity contribution is -0.251. The monoisotopic (exact) mass is 280 g/mol. The molecule has 0 bridgehead atoms. The highest BCUT2D eigenvalue weighted by molar-refractivity contribution is 5.03. The predicted molar refractivity (Wildman–Crippen MR) is 85.7 cm³/mol. The van der Waals surface area contributed by atoms with Gasteiger partial charge in [0.1, 0.15) is 0 Å². The fourth-order valence-corrected chi connectivity index (χ4v) is 2.29. The molecule has 116 valence electrons. The molecule has 0 amide bonds. The zero-order chi connectivity index (χ0) is 15.2. The second-order valence-corrected chi connectivity index (χ2v) is 7.00. The molecule has 1 aliphatic heterocycles. The first-order valence-electron chi connectivity index (χ1n) is 7.87. The van der Waals surface area contributed by atoms with E-state index in [1.807, 2.05) is 0 Å². The predicted octanol–water partition coefficient (Wildman–Crippen LogP) is 5.25. The molecule has 2 atom stereocenters. The van der Waals surface area contributed by atoms with Crippen molar-refractivity contribution >= 4 is 0 Å². The number of rotatable bonds is 6. The summed E-state index contributed by atoms with van der Waals surface area (Å²) in [7, 11) is 0. The number of ether oxygens (including phenoxy) is 2. The minimum Gasteiger partial charge on any atom is -0.352 e. The summed E-state index contributed by atoms with van der Waals surface area (Å²) >= 11 is 0. The SMILES string of the molecule is CC(C)=CCC/C(C)=C/CC(C)(C)[C@H]1OCC[C@H](C)O1. The molecule has 1 rings (SSSR count). The van der Waals surface area contributed by atoms with Crippen LogP contribution >= 0.6 is 0 Å². The van der Waals surface area contributed by atoms with Gasteiger partial charge in [0, 0.05) is 5.41 Å². The molecule has 0 unspecified atom stereocenters. The highest BCUT2D eigenvalue weighted by Gasteiger charge is 2.34. The number of allylic oxidation sites excluding steroid dienone is 4. The first-order chi connectivity index (χ1) is 9.31. The minimum absolute atomic E-state index is 0.0342. The summed E-state index contributed by atoms with van der Waals surface area (Å²) in [5.41, 5.74) is 2.89. The van der Waals surface area contributed by atoms with E-state index in [-0.39, 0.29) is 11.7 Å². The molecule has 2 nitrogen and oxygen atoms in total. The standard InChI is InChI=1S/C18H32O2/c1-14(2)8-7-9-15(3)10-12-18(5,6)17-19-13-11-16(4)20-17/h8,10,16-17H,7,9,11-13H2,1-6H3/b15-10+/t16-,17-/m0/s1. The Morgan fingerprint density at radius 2 is 1.90 bits per heavy atom. The Kier molecular flexibility index (Phi) is 6.97. The Morgan fingerprint density at radius 3 is 2.50 bits per heavy atom. The Bertz CT molecular complexity index is 348. The van der Waals surface area contributed by atoms with Gasteiger partial charge in [-0.15, -0.1) is 0 Å². The van der Waals surface area contributed by atoms with Crippen molar-refractivity contribution in [1.29, 1.82) is 0 Å². The van der Waals surface area contributed by atoms with E-state index < -0.39 is 0 Å². The average Bonchev–Trinajstić information content (AvgIpc) is 2.36. The first-order valence-corrected chi connectivity index (χ1v) is 7.87. The van der Waals surface area contributed by atoms with Gasteiger partial charge in [-0.3, -0.25) is 0 Å². The van der Waals surface area contributed by atoms with Crippen molar-refractivity contribution in [1.82, 2.24) is 0 Å². The zero-order valence-electron chi connectivity index (χ0n) is 14.2. The van der Waals surface area contributed by atoms with Gasteiger partial charge in [0.15, 0.2) is 6.29 Å². The molecular weight excluding hydrogens is 248 g/mol. The molecule has 1 aliphatic rings.